The van der Waals surface area contributed by atoms with Crippen molar-refractivity contribution >= 4 is 29.9 Å². The Hall–Kier alpha value is -5.33. The van der Waals surface area contributed by atoms with E-state index in [0.29, 0.717) is 49.2 Å². The Bertz CT molecular complexity index is 1660. The number of rotatable bonds is 16. The van der Waals surface area contributed by atoms with E-state index in [9.17, 15) is 19.2 Å². The smallest absolute Gasteiger partial charge is 0.306 e. The Balaban J connectivity index is 1.41. The Morgan fingerprint density at radius 1 is 0.942 bits per heavy atom. The number of benzene rings is 3. The first-order valence-electron chi connectivity index (χ1n) is 17.6. The molecule has 52 heavy (non-hydrogen) atoms. The molecule has 276 valence electrons. The van der Waals surface area contributed by atoms with Gasteiger partial charge in [0.1, 0.15) is 11.9 Å². The second-order valence-electron chi connectivity index (χ2n) is 12.4. The van der Waals surface area contributed by atoms with Crippen molar-refractivity contribution in [1.29, 1.82) is 0 Å². The van der Waals surface area contributed by atoms with Gasteiger partial charge in [0, 0.05) is 38.5 Å². The van der Waals surface area contributed by atoms with Crippen LogP contribution in [-0.4, -0.2) is 66.4 Å². The lowest BCUT2D eigenvalue weighted by Gasteiger charge is -2.37. The van der Waals surface area contributed by atoms with E-state index in [1.54, 1.807) is 41.8 Å². The van der Waals surface area contributed by atoms with Crippen LogP contribution in [0.2, 0.25) is 0 Å². The van der Waals surface area contributed by atoms with E-state index >= 15 is 0 Å². The predicted molar refractivity (Wildman–Crippen MR) is 196 cm³/mol. The van der Waals surface area contributed by atoms with Gasteiger partial charge in [-0.05, 0) is 66.6 Å². The third-order valence-corrected chi connectivity index (χ3v) is 8.47. The van der Waals surface area contributed by atoms with Crippen LogP contribution in [-0.2, 0) is 30.4 Å². The summed E-state index contributed by atoms with van der Waals surface area (Å²) < 4.78 is 17.5. The van der Waals surface area contributed by atoms with Crippen molar-refractivity contribution in [3.05, 3.63) is 113 Å². The van der Waals surface area contributed by atoms with E-state index in [-0.39, 0.29) is 43.8 Å². The minimum atomic E-state index is -0.733. The number of allylic oxidation sites excluding steroid dienone is 2. The van der Waals surface area contributed by atoms with Gasteiger partial charge in [0.25, 0.3) is 5.91 Å². The van der Waals surface area contributed by atoms with Crippen molar-refractivity contribution in [3.8, 4) is 5.75 Å². The van der Waals surface area contributed by atoms with E-state index in [1.807, 2.05) is 66.7 Å². The lowest BCUT2D eigenvalue weighted by molar-refractivity contribution is -0.159. The number of methoxy groups -OCH3 is 1. The summed E-state index contributed by atoms with van der Waals surface area (Å²) in [6, 6.07) is 23.2. The highest BCUT2D eigenvalue weighted by molar-refractivity contribution is 5.95. The van der Waals surface area contributed by atoms with Crippen LogP contribution in [0, 0.1) is 0 Å². The van der Waals surface area contributed by atoms with Crippen LogP contribution in [0.25, 0.3) is 0 Å². The first-order valence-corrected chi connectivity index (χ1v) is 17.6. The molecule has 2 atom stereocenters. The molecule has 0 saturated heterocycles. The highest BCUT2D eigenvalue weighted by Gasteiger charge is 2.35. The van der Waals surface area contributed by atoms with E-state index in [2.05, 4.69) is 10.5 Å². The number of amides is 3. The van der Waals surface area contributed by atoms with E-state index in [4.69, 9.17) is 19.4 Å². The largest absolute Gasteiger partial charge is 0.494 e. The molecule has 0 spiro atoms. The maximum absolute atomic E-state index is 13.8. The lowest BCUT2D eigenvalue weighted by atomic mass is 9.99. The summed E-state index contributed by atoms with van der Waals surface area (Å²) in [6.07, 6.45) is 9.74. The number of hydrogen-bond donors (Lipinski definition) is 3. The van der Waals surface area contributed by atoms with Gasteiger partial charge in [-0.2, -0.15) is 5.10 Å². The number of cyclic esters (lactones) is 1. The van der Waals surface area contributed by atoms with Gasteiger partial charge in [-0.25, -0.2) is 10.9 Å². The normalized spacial score (nSPS) is 17.5. The minimum absolute atomic E-state index is 0.0912. The quantitative estimate of drug-likeness (QED) is 0.0405. The molecular weight excluding hydrogens is 664 g/mol. The predicted octanol–water partition coefficient (Wildman–Crippen LogP) is 6.04. The first kappa shape index (κ1) is 39.5. The average Bonchev–Trinajstić information content (AvgIpc) is 3.16. The number of carbonyl (C=O) groups excluding carboxylic acids is 4. The summed E-state index contributed by atoms with van der Waals surface area (Å²) in [5.41, 5.74) is 6.90. The van der Waals surface area contributed by atoms with E-state index in [0.717, 1.165) is 30.4 Å². The molecule has 1 heterocycles. The van der Waals surface area contributed by atoms with Crippen LogP contribution in [0.1, 0.15) is 90.9 Å². The molecule has 0 unspecified atom stereocenters. The van der Waals surface area contributed by atoms with Crippen molar-refractivity contribution in [2.24, 2.45) is 5.10 Å². The number of nitrogens with zero attached hydrogens (tertiary/aromatic N) is 2. The lowest BCUT2D eigenvalue weighted by Crippen LogP contribution is -2.47. The molecule has 12 heteroatoms. The van der Waals surface area contributed by atoms with Crippen molar-refractivity contribution in [2.45, 2.75) is 76.5 Å². The molecule has 3 aromatic rings. The maximum Gasteiger partial charge on any atom is 0.306 e. The van der Waals surface area contributed by atoms with Crippen LogP contribution in [0.3, 0.4) is 0 Å². The molecule has 3 N–H and O–H groups in total. The first-order chi connectivity index (χ1) is 25.4. The van der Waals surface area contributed by atoms with Gasteiger partial charge in [-0.1, -0.05) is 79.6 Å². The van der Waals surface area contributed by atoms with Crippen molar-refractivity contribution in [3.63, 3.8) is 0 Å². The second-order valence-corrected chi connectivity index (χ2v) is 12.4. The van der Waals surface area contributed by atoms with E-state index < -0.39 is 18.1 Å². The Morgan fingerprint density at radius 2 is 1.71 bits per heavy atom. The fraction of sp³-hybridized carbons (Fsp3) is 0.375. The van der Waals surface area contributed by atoms with Crippen molar-refractivity contribution in [2.75, 3.05) is 20.3 Å². The molecule has 0 bridgehead atoms. The van der Waals surface area contributed by atoms with Gasteiger partial charge in [-0.15, -0.1) is 0 Å². The van der Waals surface area contributed by atoms with Crippen LogP contribution in [0.4, 0.5) is 0 Å². The zero-order valence-corrected chi connectivity index (χ0v) is 29.6. The molecule has 1 aliphatic heterocycles. The third kappa shape index (κ3) is 13.1. The zero-order valence-electron chi connectivity index (χ0n) is 29.6. The van der Waals surface area contributed by atoms with Gasteiger partial charge in [0.15, 0.2) is 0 Å². The summed E-state index contributed by atoms with van der Waals surface area (Å²) in [5.74, 6) is -0.662. The van der Waals surface area contributed by atoms with Crippen molar-refractivity contribution < 1.29 is 38.6 Å². The van der Waals surface area contributed by atoms with E-state index in [1.165, 1.54) is 6.21 Å². The molecule has 4 rings (SSSR count). The summed E-state index contributed by atoms with van der Waals surface area (Å²) in [4.78, 5) is 52.4. The van der Waals surface area contributed by atoms with Gasteiger partial charge in [0.2, 0.25) is 11.8 Å². The standard InChI is InChI=1S/C40H48N4O8/c1-50-29-35-39(32-17-7-6-8-18-32)52-38(47)23-11-3-2-10-22-37(46)44(35)28-31-16-13-15-30(25-31)27-41-42-40(48)33-19-14-20-34(26-33)51-24-12-5-4-9-21-36(45)43-49/h2-3,6-8,13-20,25-27,35,39,49H,4-5,9-12,21-24,28-29H2,1H3,(H,42,48)(H,43,45)/b3-2+,41-27+/t35-,39-/m0/s1. The zero-order chi connectivity index (χ0) is 37.0. The number of nitrogens with one attached hydrogen (secondary N) is 2. The molecule has 0 saturated carbocycles. The fourth-order valence-electron chi connectivity index (χ4n) is 5.81. The monoisotopic (exact) mass is 712 g/mol. The van der Waals surface area contributed by atoms with Gasteiger partial charge in [-0.3, -0.25) is 24.4 Å². The molecule has 0 fully saturated rings. The van der Waals surface area contributed by atoms with Crippen LogP contribution in [0.15, 0.2) is 96.1 Å². The topological polar surface area (TPSA) is 156 Å². The SMILES string of the molecule is COC[C@H]1[C@H](c2ccccc2)OC(=O)CC/C=C/CCC(=O)N1Cc1cccc(/C=N/NC(=O)c2cccc(OCCCCCCC(=O)NO)c2)c1. The molecule has 3 aromatic carbocycles. The van der Waals surface area contributed by atoms with Crippen LogP contribution >= 0.6 is 0 Å². The number of esters is 1. The molecule has 3 amide bonds. The molecule has 0 aromatic heterocycles. The molecule has 1 aliphatic rings. The maximum atomic E-state index is 13.8. The van der Waals surface area contributed by atoms with Gasteiger partial charge >= 0.3 is 5.97 Å². The Labute approximate surface area is 304 Å². The molecule has 0 aliphatic carbocycles. The summed E-state index contributed by atoms with van der Waals surface area (Å²) in [7, 11) is 1.56. The average molecular weight is 713 g/mol. The van der Waals surface area contributed by atoms with Gasteiger partial charge < -0.3 is 19.1 Å². The highest BCUT2D eigenvalue weighted by Crippen LogP contribution is 2.29. The fourth-order valence-corrected chi connectivity index (χ4v) is 5.81. The number of ether oxygens (including phenoxy) is 3. The van der Waals surface area contributed by atoms with Crippen LogP contribution in [0.5, 0.6) is 5.75 Å². The Kier molecular flexibility index (Phi) is 16.5. The number of hydrazone groups is 1. The summed E-state index contributed by atoms with van der Waals surface area (Å²) >= 11 is 0. The minimum Gasteiger partial charge on any atom is -0.494 e. The summed E-state index contributed by atoms with van der Waals surface area (Å²) in [6.45, 7) is 0.858. The highest BCUT2D eigenvalue weighted by atomic mass is 16.5. The number of carbonyl (C=O) groups is 4. The molecule has 12 nitrogen and oxygen atoms in total. The number of hydrogen-bond acceptors (Lipinski definition) is 9. The molecule has 0 radical (unpaired) electrons. The number of unbranched alkanes of at least 4 members (excludes halogenated alkanes) is 3. The second kappa shape index (κ2) is 21.8. The Morgan fingerprint density at radius 3 is 2.50 bits per heavy atom. The van der Waals surface area contributed by atoms with Gasteiger partial charge in [0.05, 0.1) is 25.5 Å². The summed E-state index contributed by atoms with van der Waals surface area (Å²) in [5, 5.41) is 12.7. The number of hydroxylamine groups is 1. The van der Waals surface area contributed by atoms with Crippen LogP contribution < -0.4 is 15.6 Å². The third-order valence-electron chi connectivity index (χ3n) is 8.47. The molecular formula is C40H48N4O8. The van der Waals surface area contributed by atoms with Crippen molar-refractivity contribution in [1.82, 2.24) is 15.8 Å².